The minimum absolute atomic E-state index is 0.0527. The van der Waals surface area contributed by atoms with Crippen LogP contribution < -0.4 is 4.72 Å². The highest BCUT2D eigenvalue weighted by atomic mass is 32.2. The maximum atomic E-state index is 12.9. The van der Waals surface area contributed by atoms with Crippen LogP contribution in [0.25, 0.3) is 0 Å². The maximum Gasteiger partial charge on any atom is 0.226 e. The lowest BCUT2D eigenvalue weighted by atomic mass is 9.83. The quantitative estimate of drug-likeness (QED) is 0.661. The van der Waals surface area contributed by atoms with Crippen LogP contribution in [0.1, 0.15) is 69.8 Å². The van der Waals surface area contributed by atoms with Crippen LogP contribution in [0.3, 0.4) is 0 Å². The lowest BCUT2D eigenvalue weighted by Crippen LogP contribution is -2.59. The molecule has 1 aromatic rings. The van der Waals surface area contributed by atoms with Gasteiger partial charge >= 0.3 is 0 Å². The van der Waals surface area contributed by atoms with E-state index in [2.05, 4.69) is 35.1 Å². The van der Waals surface area contributed by atoms with Gasteiger partial charge in [0.15, 0.2) is 0 Å². The molecule has 2 aliphatic carbocycles. The van der Waals surface area contributed by atoms with E-state index < -0.39 is 10.0 Å². The van der Waals surface area contributed by atoms with E-state index in [1.165, 1.54) is 5.56 Å². The summed E-state index contributed by atoms with van der Waals surface area (Å²) in [6, 6.07) is 10.2. The third-order valence-electron chi connectivity index (χ3n) is 7.15. The molecule has 4 rings (SSSR count). The SMILES string of the molecule is CCS(=O)(=O)N[C@H]1CCCN(C(=O)C2CC2)[C@H]1COC1CCC(c2ccccc2)CC1. The topological polar surface area (TPSA) is 75.7 Å². The molecule has 0 aromatic heterocycles. The van der Waals surface area contributed by atoms with Crippen molar-refractivity contribution < 1.29 is 17.9 Å². The van der Waals surface area contributed by atoms with Crippen molar-refractivity contribution in [3.63, 3.8) is 0 Å². The Balaban J connectivity index is 1.37. The number of carbonyl (C=O) groups is 1. The molecule has 0 unspecified atom stereocenters. The first-order chi connectivity index (χ1) is 15.0. The van der Waals surface area contributed by atoms with Crippen LogP contribution >= 0.6 is 0 Å². The molecular weight excluding hydrogens is 412 g/mol. The number of benzene rings is 1. The van der Waals surface area contributed by atoms with Gasteiger partial charge in [-0.15, -0.1) is 0 Å². The Hall–Kier alpha value is -1.44. The Labute approximate surface area is 186 Å². The van der Waals surface area contributed by atoms with Crippen LogP contribution in [0.2, 0.25) is 0 Å². The van der Waals surface area contributed by atoms with E-state index in [1.807, 2.05) is 4.90 Å². The van der Waals surface area contributed by atoms with Gasteiger partial charge in [0.05, 0.1) is 24.5 Å². The van der Waals surface area contributed by atoms with Gasteiger partial charge in [0, 0.05) is 18.5 Å². The smallest absolute Gasteiger partial charge is 0.226 e. The molecule has 31 heavy (non-hydrogen) atoms. The number of piperidine rings is 1. The van der Waals surface area contributed by atoms with E-state index in [0.29, 0.717) is 19.1 Å². The molecule has 0 radical (unpaired) electrons. The van der Waals surface area contributed by atoms with Gasteiger partial charge < -0.3 is 9.64 Å². The molecular formula is C24H36N2O4S. The van der Waals surface area contributed by atoms with Crippen molar-refractivity contribution in [2.45, 2.75) is 82.4 Å². The van der Waals surface area contributed by atoms with Crippen molar-refractivity contribution in [2.24, 2.45) is 5.92 Å². The van der Waals surface area contributed by atoms with Crippen LogP contribution in [-0.2, 0) is 19.6 Å². The summed E-state index contributed by atoms with van der Waals surface area (Å²) in [5.74, 6) is 0.955. The summed E-state index contributed by atoms with van der Waals surface area (Å²) < 4.78 is 33.7. The summed E-state index contributed by atoms with van der Waals surface area (Å²) in [5.41, 5.74) is 1.41. The molecule has 1 saturated heterocycles. The summed E-state index contributed by atoms with van der Waals surface area (Å²) >= 11 is 0. The van der Waals surface area contributed by atoms with Crippen molar-refractivity contribution in [2.75, 3.05) is 18.9 Å². The van der Waals surface area contributed by atoms with Crippen LogP contribution in [0.15, 0.2) is 30.3 Å². The second kappa shape index (κ2) is 10.0. The average Bonchev–Trinajstić information content (AvgIpc) is 3.64. The number of amides is 1. The summed E-state index contributed by atoms with van der Waals surface area (Å²) in [4.78, 5) is 14.8. The van der Waals surface area contributed by atoms with Gasteiger partial charge in [-0.2, -0.15) is 0 Å². The van der Waals surface area contributed by atoms with Gasteiger partial charge in [-0.1, -0.05) is 30.3 Å². The fourth-order valence-electron chi connectivity index (χ4n) is 5.08. The molecule has 1 heterocycles. The molecule has 2 saturated carbocycles. The Bertz CT molecular complexity index is 832. The van der Waals surface area contributed by atoms with E-state index in [0.717, 1.165) is 51.4 Å². The van der Waals surface area contributed by atoms with E-state index in [-0.39, 0.29) is 35.8 Å². The molecule has 7 heteroatoms. The number of hydrogen-bond acceptors (Lipinski definition) is 4. The Morgan fingerprint density at radius 1 is 1.06 bits per heavy atom. The summed E-state index contributed by atoms with van der Waals surface area (Å²) in [6.45, 7) is 2.76. The summed E-state index contributed by atoms with van der Waals surface area (Å²) in [7, 11) is -3.33. The molecule has 1 N–H and O–H groups in total. The third-order valence-corrected chi connectivity index (χ3v) is 8.57. The second-order valence-corrected chi connectivity index (χ2v) is 11.4. The Morgan fingerprint density at radius 3 is 2.42 bits per heavy atom. The van der Waals surface area contributed by atoms with Gasteiger partial charge in [-0.3, -0.25) is 4.79 Å². The highest BCUT2D eigenvalue weighted by Gasteiger charge is 2.42. The number of likely N-dealkylation sites (tertiary alicyclic amines) is 1. The molecule has 1 aromatic carbocycles. The van der Waals surface area contributed by atoms with Crippen molar-refractivity contribution in [1.29, 1.82) is 0 Å². The fraction of sp³-hybridized carbons (Fsp3) is 0.708. The zero-order chi connectivity index (χ0) is 21.8. The van der Waals surface area contributed by atoms with E-state index >= 15 is 0 Å². The zero-order valence-corrected chi connectivity index (χ0v) is 19.4. The minimum Gasteiger partial charge on any atom is -0.376 e. The minimum atomic E-state index is -3.33. The van der Waals surface area contributed by atoms with Crippen LogP contribution in [0.4, 0.5) is 0 Å². The number of sulfonamides is 1. The average molecular weight is 449 g/mol. The van der Waals surface area contributed by atoms with E-state index in [4.69, 9.17) is 4.74 Å². The highest BCUT2D eigenvalue weighted by Crippen LogP contribution is 2.36. The van der Waals surface area contributed by atoms with Crippen molar-refractivity contribution in [1.82, 2.24) is 9.62 Å². The van der Waals surface area contributed by atoms with Crippen LogP contribution in [-0.4, -0.2) is 56.3 Å². The first-order valence-electron chi connectivity index (χ1n) is 11.9. The predicted octanol–water partition coefficient (Wildman–Crippen LogP) is 3.44. The lowest BCUT2D eigenvalue weighted by Gasteiger charge is -2.42. The van der Waals surface area contributed by atoms with Gasteiger partial charge in [0.2, 0.25) is 15.9 Å². The zero-order valence-electron chi connectivity index (χ0n) is 18.5. The number of rotatable bonds is 8. The van der Waals surface area contributed by atoms with Gasteiger partial charge in [-0.05, 0) is 69.8 Å². The van der Waals surface area contributed by atoms with Crippen molar-refractivity contribution in [3.05, 3.63) is 35.9 Å². The number of carbonyl (C=O) groups excluding carboxylic acids is 1. The molecule has 2 atom stereocenters. The molecule has 3 aliphatic rings. The van der Waals surface area contributed by atoms with Crippen LogP contribution in [0, 0.1) is 5.92 Å². The maximum absolute atomic E-state index is 12.9. The third kappa shape index (κ3) is 5.88. The molecule has 3 fully saturated rings. The van der Waals surface area contributed by atoms with Gasteiger partial charge in [0.25, 0.3) is 0 Å². The first kappa shape index (κ1) is 22.7. The molecule has 6 nitrogen and oxygen atoms in total. The summed E-state index contributed by atoms with van der Waals surface area (Å²) in [5, 5.41) is 0. The largest absolute Gasteiger partial charge is 0.376 e. The fourth-order valence-corrected chi connectivity index (χ4v) is 5.98. The Kier molecular flexibility index (Phi) is 7.34. The Morgan fingerprint density at radius 2 is 1.77 bits per heavy atom. The van der Waals surface area contributed by atoms with E-state index in [1.54, 1.807) is 6.92 Å². The molecule has 0 bridgehead atoms. The number of nitrogens with zero attached hydrogens (tertiary/aromatic N) is 1. The molecule has 172 valence electrons. The van der Waals surface area contributed by atoms with Gasteiger partial charge in [-0.25, -0.2) is 13.1 Å². The van der Waals surface area contributed by atoms with Crippen molar-refractivity contribution in [3.8, 4) is 0 Å². The van der Waals surface area contributed by atoms with Crippen LogP contribution in [0.5, 0.6) is 0 Å². The van der Waals surface area contributed by atoms with Crippen molar-refractivity contribution >= 4 is 15.9 Å². The number of nitrogens with one attached hydrogen (secondary N) is 1. The normalized spacial score (nSPS) is 29.6. The standard InChI is InChI=1S/C24H36N2O4S/c1-2-31(28,29)25-22-9-6-16-26(24(27)20-10-11-20)23(22)17-30-21-14-12-19(13-15-21)18-7-4-3-5-8-18/h3-5,7-8,19-23,25H,2,6,9-17H2,1H3/t19?,21?,22-,23-/m0/s1. The van der Waals surface area contributed by atoms with Gasteiger partial charge in [0.1, 0.15) is 0 Å². The predicted molar refractivity (Wildman–Crippen MR) is 121 cm³/mol. The number of ether oxygens (including phenoxy) is 1. The first-order valence-corrected chi connectivity index (χ1v) is 13.6. The molecule has 1 amide bonds. The van der Waals surface area contributed by atoms with E-state index in [9.17, 15) is 13.2 Å². The molecule has 1 aliphatic heterocycles. The summed E-state index contributed by atoms with van der Waals surface area (Å²) in [6.07, 6.45) is 7.91. The highest BCUT2D eigenvalue weighted by molar-refractivity contribution is 7.89. The lowest BCUT2D eigenvalue weighted by molar-refractivity contribution is -0.139. The number of hydrogen-bond donors (Lipinski definition) is 1. The monoisotopic (exact) mass is 448 g/mol. The molecule has 0 spiro atoms. The second-order valence-electron chi connectivity index (χ2n) is 9.36.